The van der Waals surface area contributed by atoms with E-state index in [4.69, 9.17) is 10.00 Å². The molecule has 178 valence electrons. The van der Waals surface area contributed by atoms with Gasteiger partial charge in [0.2, 0.25) is 0 Å². The molecule has 0 spiro atoms. The molecule has 4 rings (SSSR count). The highest BCUT2D eigenvalue weighted by Gasteiger charge is 2.59. The normalized spacial score (nSPS) is 13.2. The molecule has 4 aromatic rings. The number of fused-ring (bicyclic) bond motifs is 1. The highest BCUT2D eigenvalue weighted by Crippen LogP contribution is 2.33. The molecule has 1 N–H and O–H groups in total. The van der Waals surface area contributed by atoms with Crippen molar-refractivity contribution in [1.29, 1.82) is 5.26 Å². The molecule has 8 nitrogen and oxygen atoms in total. The van der Waals surface area contributed by atoms with Crippen molar-refractivity contribution in [2.45, 2.75) is 18.8 Å². The van der Waals surface area contributed by atoms with Gasteiger partial charge in [-0.3, -0.25) is 10.1 Å². The molecule has 0 aliphatic heterocycles. The molecule has 0 saturated carbocycles. The molecule has 1 atom stereocenters. The fourth-order valence-corrected chi connectivity index (χ4v) is 3.36. The molecule has 2 aromatic heterocycles. The summed E-state index contributed by atoms with van der Waals surface area (Å²) in [5.41, 5.74) is 2.80. The van der Waals surface area contributed by atoms with E-state index in [0.717, 1.165) is 18.2 Å². The van der Waals surface area contributed by atoms with Crippen LogP contribution < -0.4 is 5.32 Å². The maximum absolute atomic E-state index is 14.0. The van der Waals surface area contributed by atoms with Crippen LogP contribution in [0.25, 0.3) is 22.2 Å². The van der Waals surface area contributed by atoms with Gasteiger partial charge >= 0.3 is 12.1 Å². The third kappa shape index (κ3) is 4.84. The Bertz CT molecular complexity index is 1380. The molecule has 11 heteroatoms. The van der Waals surface area contributed by atoms with E-state index in [-0.39, 0.29) is 11.3 Å². The first-order chi connectivity index (χ1) is 16.8. The van der Waals surface area contributed by atoms with Gasteiger partial charge in [-0.15, -0.1) is 0 Å². The number of rotatable bonds is 7. The summed E-state index contributed by atoms with van der Waals surface area (Å²) in [5.74, 6) is -4.40. The van der Waals surface area contributed by atoms with Crippen LogP contribution in [0.5, 0.6) is 0 Å². The van der Waals surface area contributed by atoms with Crippen molar-refractivity contribution in [2.24, 2.45) is 0 Å². The number of nitrogens with one attached hydrogen (secondary N) is 1. The molecular formula is C24H18F3N5O3. The zero-order chi connectivity index (χ0) is 25.1. The molecule has 0 bridgehead atoms. The zero-order valence-corrected chi connectivity index (χ0v) is 18.3. The summed E-state index contributed by atoms with van der Waals surface area (Å²) < 4.78 is 53.1. The molecular weight excluding hydrogens is 463 g/mol. The van der Waals surface area contributed by atoms with Crippen LogP contribution in [0.3, 0.4) is 0 Å². The van der Waals surface area contributed by atoms with Crippen molar-refractivity contribution in [2.75, 3.05) is 7.11 Å². The standard InChI is InChI=1S/C24H18F3N5O3/c1-34-24(23(25,26)27,31-22(33)16-5-3-2-4-6-16)35-15-32-14-30-20-11-17(8-10-21(20)32)18-7-9-19(12-28)29-13-18/h2-11,13-14H,15H2,1H3,(H,31,33). The molecule has 0 saturated heterocycles. The van der Waals surface area contributed by atoms with Gasteiger partial charge < -0.3 is 14.0 Å². The van der Waals surface area contributed by atoms with Gasteiger partial charge in [-0.1, -0.05) is 24.3 Å². The number of hydrogen-bond donors (Lipinski definition) is 1. The van der Waals surface area contributed by atoms with Crippen molar-refractivity contribution in [3.05, 3.63) is 84.4 Å². The smallest absolute Gasteiger partial charge is 0.329 e. The van der Waals surface area contributed by atoms with Crippen molar-refractivity contribution in [3.8, 4) is 17.2 Å². The Hall–Kier alpha value is -4.27. The Morgan fingerprint density at radius 2 is 1.83 bits per heavy atom. The van der Waals surface area contributed by atoms with Crippen LogP contribution in [0, 0.1) is 11.3 Å². The molecule has 2 aromatic carbocycles. The van der Waals surface area contributed by atoms with Gasteiger partial charge in [0.15, 0.2) is 0 Å². The van der Waals surface area contributed by atoms with Crippen LogP contribution >= 0.6 is 0 Å². The summed E-state index contributed by atoms with van der Waals surface area (Å²) in [6.07, 6.45) is -2.22. The predicted molar refractivity (Wildman–Crippen MR) is 118 cm³/mol. The third-order valence-corrected chi connectivity index (χ3v) is 5.21. The van der Waals surface area contributed by atoms with Crippen LogP contribution in [0.1, 0.15) is 16.1 Å². The van der Waals surface area contributed by atoms with Gasteiger partial charge in [-0.05, 0) is 42.0 Å². The Kier molecular flexibility index (Phi) is 6.50. The average Bonchev–Trinajstić information content (AvgIpc) is 3.28. The molecule has 1 amide bonds. The van der Waals surface area contributed by atoms with E-state index in [1.807, 2.05) is 11.4 Å². The number of hydrogen-bond acceptors (Lipinski definition) is 6. The summed E-state index contributed by atoms with van der Waals surface area (Å²) in [5, 5.41) is 10.7. The van der Waals surface area contributed by atoms with E-state index in [0.29, 0.717) is 11.0 Å². The highest BCUT2D eigenvalue weighted by molar-refractivity contribution is 5.94. The summed E-state index contributed by atoms with van der Waals surface area (Å²) in [6, 6.07) is 17.8. The number of alkyl halides is 3. The largest absolute Gasteiger partial charge is 0.465 e. The summed E-state index contributed by atoms with van der Waals surface area (Å²) in [7, 11) is 0.794. The Balaban J connectivity index is 1.57. The van der Waals surface area contributed by atoms with Gasteiger partial charge in [0.25, 0.3) is 5.91 Å². The number of pyridine rings is 1. The first-order valence-electron chi connectivity index (χ1n) is 10.2. The number of methoxy groups -OCH3 is 1. The number of amides is 1. The lowest BCUT2D eigenvalue weighted by Gasteiger charge is -2.34. The van der Waals surface area contributed by atoms with E-state index in [9.17, 15) is 18.0 Å². The van der Waals surface area contributed by atoms with E-state index < -0.39 is 24.7 Å². The lowest BCUT2D eigenvalue weighted by atomic mass is 10.1. The highest BCUT2D eigenvalue weighted by atomic mass is 19.4. The number of aromatic nitrogens is 3. The number of benzene rings is 2. The van der Waals surface area contributed by atoms with Crippen molar-refractivity contribution >= 4 is 16.9 Å². The lowest BCUT2D eigenvalue weighted by molar-refractivity contribution is -0.390. The zero-order valence-electron chi connectivity index (χ0n) is 18.3. The van der Waals surface area contributed by atoms with Crippen LogP contribution in [-0.2, 0) is 16.2 Å². The number of carbonyl (C=O) groups is 1. The number of nitrogens with zero attached hydrogens (tertiary/aromatic N) is 4. The first-order valence-corrected chi connectivity index (χ1v) is 10.2. The number of halogens is 3. The number of nitriles is 1. The monoisotopic (exact) mass is 481 g/mol. The van der Waals surface area contributed by atoms with E-state index >= 15 is 0 Å². The van der Waals surface area contributed by atoms with Crippen molar-refractivity contribution < 1.29 is 27.4 Å². The SMILES string of the molecule is COC(NC(=O)c1ccccc1)(OCn1cnc2cc(-c3ccc(C#N)nc3)ccc21)C(F)(F)F. The minimum Gasteiger partial charge on any atom is -0.329 e. The van der Waals surface area contributed by atoms with E-state index in [1.54, 1.807) is 42.6 Å². The Morgan fingerprint density at radius 3 is 2.46 bits per heavy atom. The first kappa shape index (κ1) is 23.9. The second-order valence-corrected chi connectivity index (χ2v) is 7.37. The topological polar surface area (TPSA) is 102 Å². The van der Waals surface area contributed by atoms with Crippen LogP contribution in [0.15, 0.2) is 73.2 Å². The molecule has 0 aliphatic rings. The van der Waals surface area contributed by atoms with Crippen LogP contribution in [-0.4, -0.2) is 39.6 Å². The van der Waals surface area contributed by atoms with Gasteiger partial charge in [-0.25, -0.2) is 9.97 Å². The summed E-state index contributed by atoms with van der Waals surface area (Å²) in [6.45, 7) is -0.614. The fourth-order valence-electron chi connectivity index (χ4n) is 3.36. The van der Waals surface area contributed by atoms with Gasteiger partial charge in [0, 0.05) is 24.4 Å². The molecule has 0 fully saturated rings. The van der Waals surface area contributed by atoms with E-state index in [1.165, 1.54) is 35.2 Å². The van der Waals surface area contributed by atoms with Gasteiger partial charge in [0.1, 0.15) is 18.5 Å². The maximum Gasteiger partial charge on any atom is 0.465 e. The fraction of sp³-hybridized carbons (Fsp3) is 0.167. The molecule has 1 unspecified atom stereocenters. The van der Waals surface area contributed by atoms with Crippen molar-refractivity contribution in [3.63, 3.8) is 0 Å². The summed E-state index contributed by atoms with van der Waals surface area (Å²) >= 11 is 0. The lowest BCUT2D eigenvalue weighted by Crippen LogP contribution is -2.62. The second kappa shape index (κ2) is 9.54. The number of carbonyl (C=O) groups excluding carboxylic acids is 1. The molecule has 0 radical (unpaired) electrons. The quantitative estimate of drug-likeness (QED) is 0.396. The Morgan fingerprint density at radius 1 is 1.09 bits per heavy atom. The molecule has 0 aliphatic carbocycles. The molecule has 35 heavy (non-hydrogen) atoms. The van der Waals surface area contributed by atoms with Gasteiger partial charge in [0.05, 0.1) is 17.4 Å². The third-order valence-electron chi connectivity index (χ3n) is 5.21. The number of ether oxygens (including phenoxy) is 2. The predicted octanol–water partition coefficient (Wildman–Crippen LogP) is 4.24. The second-order valence-electron chi connectivity index (χ2n) is 7.37. The van der Waals surface area contributed by atoms with Crippen LogP contribution in [0.4, 0.5) is 13.2 Å². The van der Waals surface area contributed by atoms with Gasteiger partial charge in [-0.2, -0.15) is 18.4 Å². The van der Waals surface area contributed by atoms with Crippen LogP contribution in [0.2, 0.25) is 0 Å². The van der Waals surface area contributed by atoms with Crippen molar-refractivity contribution in [1.82, 2.24) is 19.9 Å². The van der Waals surface area contributed by atoms with E-state index in [2.05, 4.69) is 14.7 Å². The molecule has 2 heterocycles. The summed E-state index contributed by atoms with van der Waals surface area (Å²) in [4.78, 5) is 20.7. The minimum absolute atomic E-state index is 0.0136. The average molecular weight is 481 g/mol. The Labute approximate surface area is 197 Å². The number of imidazole rings is 1. The minimum atomic E-state index is -5.08. The maximum atomic E-state index is 14.0.